The molecule has 0 aliphatic rings. The average molecular weight is 330 g/mol. The number of benzene rings is 1. The van der Waals surface area contributed by atoms with Gasteiger partial charge in [-0.25, -0.2) is 9.37 Å². The van der Waals surface area contributed by atoms with Crippen molar-refractivity contribution < 1.29 is 9.18 Å². The number of amides is 1. The van der Waals surface area contributed by atoms with Gasteiger partial charge in [0.2, 0.25) is 0 Å². The van der Waals surface area contributed by atoms with Crippen LogP contribution in [-0.4, -0.2) is 10.9 Å². The number of hydrogen-bond acceptors (Lipinski definition) is 4. The van der Waals surface area contributed by atoms with E-state index in [0.29, 0.717) is 25.9 Å². The second kappa shape index (κ2) is 5.03. The van der Waals surface area contributed by atoms with Gasteiger partial charge in [0, 0.05) is 4.47 Å². The third-order valence-corrected chi connectivity index (χ3v) is 3.87. The topological polar surface area (TPSA) is 68.0 Å². The van der Waals surface area contributed by atoms with E-state index in [-0.39, 0.29) is 5.91 Å². The van der Waals surface area contributed by atoms with E-state index in [0.717, 1.165) is 11.3 Å². The number of nitrogens with zero attached hydrogens (tertiary/aromatic N) is 1. The van der Waals surface area contributed by atoms with Crippen LogP contribution < -0.4 is 11.1 Å². The fourth-order valence-electron chi connectivity index (χ4n) is 1.40. The first-order chi connectivity index (χ1) is 8.47. The molecule has 2 rings (SSSR count). The molecular weight excluding hydrogens is 321 g/mol. The van der Waals surface area contributed by atoms with Crippen LogP contribution >= 0.6 is 27.3 Å². The fourth-order valence-corrected chi connectivity index (χ4v) is 2.47. The molecule has 0 unspecified atom stereocenters. The normalized spacial score (nSPS) is 10.4. The Kier molecular flexibility index (Phi) is 3.63. The van der Waals surface area contributed by atoms with Gasteiger partial charge in [0.1, 0.15) is 10.7 Å². The Morgan fingerprint density at radius 1 is 1.56 bits per heavy atom. The lowest BCUT2D eigenvalue weighted by molar-refractivity contribution is 0.102. The van der Waals surface area contributed by atoms with Crippen LogP contribution in [0.15, 0.2) is 22.7 Å². The lowest BCUT2D eigenvalue weighted by atomic mass is 10.3. The number of thiazole rings is 1. The highest BCUT2D eigenvalue weighted by molar-refractivity contribution is 9.10. The van der Waals surface area contributed by atoms with Crippen LogP contribution in [0.3, 0.4) is 0 Å². The minimum atomic E-state index is -0.422. The molecule has 0 atom stereocenters. The molecule has 1 heterocycles. The summed E-state index contributed by atoms with van der Waals surface area (Å²) in [5, 5.41) is 2.94. The van der Waals surface area contributed by atoms with Gasteiger partial charge in [-0.15, -0.1) is 0 Å². The Bertz CT molecular complexity index is 614. The molecule has 94 valence electrons. The zero-order chi connectivity index (χ0) is 13.3. The smallest absolute Gasteiger partial charge is 0.267 e. The molecule has 0 radical (unpaired) electrons. The molecule has 0 aliphatic heterocycles. The number of nitrogens with two attached hydrogens (primary N) is 1. The Morgan fingerprint density at radius 3 is 2.89 bits per heavy atom. The summed E-state index contributed by atoms with van der Waals surface area (Å²) in [6, 6.07) is 4.07. The molecule has 1 aromatic carbocycles. The van der Waals surface area contributed by atoms with Gasteiger partial charge >= 0.3 is 0 Å². The number of carbonyl (C=O) groups excluding carboxylic acids is 1. The van der Waals surface area contributed by atoms with Crippen LogP contribution in [0.2, 0.25) is 0 Å². The molecular formula is C11H9BrFN3OS. The minimum absolute atomic E-state index is 0.330. The maximum Gasteiger partial charge on any atom is 0.267 e. The van der Waals surface area contributed by atoms with Crippen LogP contribution in [-0.2, 0) is 0 Å². The number of aryl methyl sites for hydroxylation is 1. The van der Waals surface area contributed by atoms with E-state index in [9.17, 15) is 9.18 Å². The van der Waals surface area contributed by atoms with Gasteiger partial charge in [0.05, 0.1) is 11.4 Å². The number of aromatic nitrogens is 1. The van der Waals surface area contributed by atoms with Crippen LogP contribution in [0.25, 0.3) is 0 Å². The Balaban J connectivity index is 2.26. The highest BCUT2D eigenvalue weighted by Gasteiger charge is 2.15. The molecule has 7 heteroatoms. The van der Waals surface area contributed by atoms with Crippen molar-refractivity contribution >= 4 is 44.0 Å². The summed E-state index contributed by atoms with van der Waals surface area (Å²) in [6.07, 6.45) is 0. The van der Waals surface area contributed by atoms with Crippen molar-refractivity contribution in [2.75, 3.05) is 11.1 Å². The van der Waals surface area contributed by atoms with Gasteiger partial charge in [-0.1, -0.05) is 11.3 Å². The monoisotopic (exact) mass is 329 g/mol. The predicted molar refractivity (Wildman–Crippen MR) is 73.3 cm³/mol. The Labute approximate surface area is 115 Å². The molecule has 4 nitrogen and oxygen atoms in total. The van der Waals surface area contributed by atoms with Crippen molar-refractivity contribution in [1.82, 2.24) is 4.98 Å². The highest BCUT2D eigenvalue weighted by Crippen LogP contribution is 2.26. The van der Waals surface area contributed by atoms with E-state index in [1.165, 1.54) is 18.2 Å². The van der Waals surface area contributed by atoms with Crippen LogP contribution in [0, 0.1) is 12.7 Å². The number of anilines is 2. The third kappa shape index (κ3) is 2.68. The van der Waals surface area contributed by atoms with Crippen LogP contribution in [0.1, 0.15) is 15.4 Å². The van der Waals surface area contributed by atoms with E-state index in [1.54, 1.807) is 6.92 Å². The molecule has 2 aromatic rings. The van der Waals surface area contributed by atoms with Crippen molar-refractivity contribution in [2.45, 2.75) is 6.92 Å². The molecule has 0 aliphatic carbocycles. The second-order valence-corrected chi connectivity index (χ2v) is 5.43. The summed E-state index contributed by atoms with van der Waals surface area (Å²) in [6.45, 7) is 1.70. The van der Waals surface area contributed by atoms with Gasteiger partial charge in [-0.2, -0.15) is 0 Å². The second-order valence-electron chi connectivity index (χ2n) is 3.54. The molecule has 0 spiro atoms. The first-order valence-corrected chi connectivity index (χ1v) is 6.57. The molecule has 0 fully saturated rings. The molecule has 1 amide bonds. The van der Waals surface area contributed by atoms with Crippen molar-refractivity contribution in [3.63, 3.8) is 0 Å². The lowest BCUT2D eigenvalue weighted by Gasteiger charge is -2.06. The largest absolute Gasteiger partial charge is 0.375 e. The first kappa shape index (κ1) is 13.0. The van der Waals surface area contributed by atoms with Crippen molar-refractivity contribution in [2.24, 2.45) is 0 Å². The summed E-state index contributed by atoms with van der Waals surface area (Å²) >= 11 is 4.33. The predicted octanol–water partition coefficient (Wildman–Crippen LogP) is 3.19. The minimum Gasteiger partial charge on any atom is -0.375 e. The SMILES string of the molecule is Cc1nc(N)sc1C(=O)Nc1cc(F)ccc1Br. The zero-order valence-corrected chi connectivity index (χ0v) is 11.7. The van der Waals surface area contributed by atoms with Crippen molar-refractivity contribution in [3.8, 4) is 0 Å². The Hall–Kier alpha value is -1.47. The first-order valence-electron chi connectivity index (χ1n) is 4.96. The highest BCUT2D eigenvalue weighted by atomic mass is 79.9. The summed E-state index contributed by atoms with van der Waals surface area (Å²) < 4.78 is 13.7. The molecule has 0 saturated heterocycles. The Morgan fingerprint density at radius 2 is 2.28 bits per heavy atom. The average Bonchev–Trinajstić information content (AvgIpc) is 2.63. The van der Waals surface area contributed by atoms with Gasteiger partial charge in [0.25, 0.3) is 5.91 Å². The number of hydrogen-bond donors (Lipinski definition) is 2. The van der Waals surface area contributed by atoms with Gasteiger partial charge in [-0.3, -0.25) is 4.79 Å². The maximum absolute atomic E-state index is 13.1. The van der Waals surface area contributed by atoms with Gasteiger partial charge in [0.15, 0.2) is 5.13 Å². The van der Waals surface area contributed by atoms with E-state index < -0.39 is 5.82 Å². The quantitative estimate of drug-likeness (QED) is 0.889. The summed E-state index contributed by atoms with van der Waals surface area (Å²) in [5.74, 6) is -0.776. The molecule has 0 saturated carbocycles. The van der Waals surface area contributed by atoms with E-state index in [1.807, 2.05) is 0 Å². The van der Waals surface area contributed by atoms with Crippen LogP contribution in [0.4, 0.5) is 15.2 Å². The zero-order valence-electron chi connectivity index (χ0n) is 9.33. The van der Waals surface area contributed by atoms with Crippen molar-refractivity contribution in [1.29, 1.82) is 0 Å². The number of nitrogens with one attached hydrogen (secondary N) is 1. The summed E-state index contributed by atoms with van der Waals surface area (Å²) in [4.78, 5) is 16.4. The molecule has 3 N–H and O–H groups in total. The van der Waals surface area contributed by atoms with Gasteiger partial charge in [-0.05, 0) is 41.1 Å². The van der Waals surface area contributed by atoms with E-state index in [2.05, 4.69) is 26.2 Å². The van der Waals surface area contributed by atoms with E-state index >= 15 is 0 Å². The molecule has 0 bridgehead atoms. The van der Waals surface area contributed by atoms with Crippen LogP contribution in [0.5, 0.6) is 0 Å². The maximum atomic E-state index is 13.1. The number of nitrogen functional groups attached to an aromatic ring is 1. The summed E-state index contributed by atoms with van der Waals surface area (Å²) in [7, 11) is 0. The lowest BCUT2D eigenvalue weighted by Crippen LogP contribution is -2.12. The fraction of sp³-hybridized carbons (Fsp3) is 0.0909. The molecule has 18 heavy (non-hydrogen) atoms. The van der Waals surface area contributed by atoms with Gasteiger partial charge < -0.3 is 11.1 Å². The summed E-state index contributed by atoms with van der Waals surface area (Å²) in [5.41, 5.74) is 6.45. The standard InChI is InChI=1S/C11H9BrFN3OS/c1-5-9(18-11(14)15-5)10(17)16-8-4-6(13)2-3-7(8)12/h2-4H,1H3,(H2,14,15)(H,16,17). The third-order valence-electron chi connectivity index (χ3n) is 2.20. The number of halogens is 2. The van der Waals surface area contributed by atoms with Crippen molar-refractivity contribution in [3.05, 3.63) is 39.1 Å². The number of rotatable bonds is 2. The number of carbonyl (C=O) groups is 1. The molecule has 1 aromatic heterocycles. The van der Waals surface area contributed by atoms with E-state index in [4.69, 9.17) is 5.73 Å².